The van der Waals surface area contributed by atoms with E-state index < -0.39 is 0 Å². The molecule has 0 bridgehead atoms. The SMILES string of the molecule is CCC(O)CNCC1Cc2cc(C)ccc2O1. The number of nitrogens with one attached hydrogen (secondary N) is 1. The summed E-state index contributed by atoms with van der Waals surface area (Å²) in [6.07, 6.45) is 1.71. The van der Waals surface area contributed by atoms with E-state index in [2.05, 4.69) is 24.4 Å². The molecule has 3 nitrogen and oxygen atoms in total. The molecule has 2 atom stereocenters. The van der Waals surface area contributed by atoms with Gasteiger partial charge in [-0.05, 0) is 25.0 Å². The number of benzene rings is 1. The molecule has 1 heterocycles. The van der Waals surface area contributed by atoms with E-state index in [9.17, 15) is 5.11 Å². The molecule has 2 unspecified atom stereocenters. The summed E-state index contributed by atoms with van der Waals surface area (Å²) in [4.78, 5) is 0. The van der Waals surface area contributed by atoms with Gasteiger partial charge in [0, 0.05) is 19.5 Å². The lowest BCUT2D eigenvalue weighted by Gasteiger charge is -2.13. The van der Waals surface area contributed by atoms with Crippen LogP contribution in [0.2, 0.25) is 0 Å². The lowest BCUT2D eigenvalue weighted by atomic mass is 10.1. The maximum absolute atomic E-state index is 9.44. The van der Waals surface area contributed by atoms with Crippen molar-refractivity contribution in [2.45, 2.75) is 38.9 Å². The maximum atomic E-state index is 9.44. The first-order valence-corrected chi connectivity index (χ1v) is 6.34. The van der Waals surface area contributed by atoms with Gasteiger partial charge in [0.2, 0.25) is 0 Å². The van der Waals surface area contributed by atoms with Gasteiger partial charge in [-0.2, -0.15) is 0 Å². The van der Waals surface area contributed by atoms with Crippen LogP contribution in [0.15, 0.2) is 18.2 Å². The van der Waals surface area contributed by atoms with E-state index in [1.54, 1.807) is 0 Å². The molecule has 1 aliphatic rings. The first kappa shape index (κ1) is 12.4. The van der Waals surface area contributed by atoms with Crippen LogP contribution in [0, 0.1) is 6.92 Å². The Morgan fingerprint density at radius 2 is 2.35 bits per heavy atom. The summed E-state index contributed by atoms with van der Waals surface area (Å²) in [5.74, 6) is 1.01. The van der Waals surface area contributed by atoms with E-state index in [1.165, 1.54) is 11.1 Å². The molecule has 0 spiro atoms. The van der Waals surface area contributed by atoms with Crippen LogP contribution in [0.5, 0.6) is 5.75 Å². The molecular weight excluding hydrogens is 214 g/mol. The Morgan fingerprint density at radius 3 is 3.12 bits per heavy atom. The normalized spacial score (nSPS) is 19.8. The summed E-state index contributed by atoms with van der Waals surface area (Å²) < 4.78 is 5.83. The van der Waals surface area contributed by atoms with Gasteiger partial charge in [0.05, 0.1) is 6.10 Å². The van der Waals surface area contributed by atoms with Crippen LogP contribution >= 0.6 is 0 Å². The number of fused-ring (bicyclic) bond motifs is 1. The Hall–Kier alpha value is -1.06. The fraction of sp³-hybridized carbons (Fsp3) is 0.571. The zero-order chi connectivity index (χ0) is 12.3. The fourth-order valence-electron chi connectivity index (χ4n) is 2.12. The third kappa shape index (κ3) is 3.20. The first-order chi connectivity index (χ1) is 8.19. The molecule has 2 rings (SSSR count). The largest absolute Gasteiger partial charge is 0.488 e. The molecule has 0 amide bonds. The summed E-state index contributed by atoms with van der Waals surface area (Å²) in [7, 11) is 0. The van der Waals surface area contributed by atoms with E-state index in [0.717, 1.165) is 25.1 Å². The van der Waals surface area contributed by atoms with Gasteiger partial charge in [-0.3, -0.25) is 0 Å². The molecule has 0 aromatic heterocycles. The van der Waals surface area contributed by atoms with Crippen molar-refractivity contribution >= 4 is 0 Å². The summed E-state index contributed by atoms with van der Waals surface area (Å²) in [6, 6.07) is 6.32. The highest BCUT2D eigenvalue weighted by atomic mass is 16.5. The summed E-state index contributed by atoms with van der Waals surface area (Å²) in [5, 5.41) is 12.7. The van der Waals surface area contributed by atoms with Gasteiger partial charge in [-0.1, -0.05) is 24.6 Å². The monoisotopic (exact) mass is 235 g/mol. The minimum atomic E-state index is -0.249. The molecule has 0 saturated carbocycles. The van der Waals surface area contributed by atoms with Crippen molar-refractivity contribution in [2.24, 2.45) is 0 Å². The van der Waals surface area contributed by atoms with Gasteiger partial charge in [-0.25, -0.2) is 0 Å². The van der Waals surface area contributed by atoms with Gasteiger partial charge in [0.15, 0.2) is 0 Å². The van der Waals surface area contributed by atoms with Crippen LogP contribution in [0.3, 0.4) is 0 Å². The zero-order valence-corrected chi connectivity index (χ0v) is 10.6. The van der Waals surface area contributed by atoms with E-state index in [-0.39, 0.29) is 12.2 Å². The second-order valence-corrected chi connectivity index (χ2v) is 4.78. The number of hydrogen-bond acceptors (Lipinski definition) is 3. The van der Waals surface area contributed by atoms with E-state index in [1.807, 2.05) is 13.0 Å². The number of aryl methyl sites for hydroxylation is 1. The fourth-order valence-corrected chi connectivity index (χ4v) is 2.12. The predicted molar refractivity (Wildman–Crippen MR) is 68.5 cm³/mol. The van der Waals surface area contributed by atoms with E-state index in [0.29, 0.717) is 6.54 Å². The second kappa shape index (κ2) is 5.52. The molecule has 1 aromatic rings. The summed E-state index contributed by atoms with van der Waals surface area (Å²) in [6.45, 7) is 5.52. The number of ether oxygens (including phenoxy) is 1. The van der Waals surface area contributed by atoms with E-state index in [4.69, 9.17) is 4.74 Å². The molecular formula is C14H21NO2. The highest BCUT2D eigenvalue weighted by Gasteiger charge is 2.22. The highest BCUT2D eigenvalue weighted by Crippen LogP contribution is 2.29. The zero-order valence-electron chi connectivity index (χ0n) is 10.6. The molecule has 1 aliphatic heterocycles. The Morgan fingerprint density at radius 1 is 1.53 bits per heavy atom. The van der Waals surface area contributed by atoms with Crippen molar-refractivity contribution in [3.63, 3.8) is 0 Å². The van der Waals surface area contributed by atoms with Gasteiger partial charge in [0.25, 0.3) is 0 Å². The van der Waals surface area contributed by atoms with Gasteiger partial charge in [0.1, 0.15) is 11.9 Å². The van der Waals surface area contributed by atoms with E-state index >= 15 is 0 Å². The average Bonchev–Trinajstić information content (AvgIpc) is 2.70. The maximum Gasteiger partial charge on any atom is 0.123 e. The topological polar surface area (TPSA) is 41.5 Å². The standard InChI is InChI=1S/C14H21NO2/c1-3-12(16)8-15-9-13-7-11-6-10(2)4-5-14(11)17-13/h4-6,12-13,15-16H,3,7-9H2,1-2H3. The van der Waals surface area contributed by atoms with Crippen molar-refractivity contribution in [2.75, 3.05) is 13.1 Å². The third-order valence-electron chi connectivity index (χ3n) is 3.18. The van der Waals surface area contributed by atoms with Crippen LogP contribution in [0.4, 0.5) is 0 Å². The lowest BCUT2D eigenvalue weighted by molar-refractivity contribution is 0.158. The number of hydrogen-bond donors (Lipinski definition) is 2. The van der Waals surface area contributed by atoms with Crippen molar-refractivity contribution in [3.8, 4) is 5.75 Å². The molecule has 17 heavy (non-hydrogen) atoms. The Balaban J connectivity index is 1.80. The Bertz CT molecular complexity index is 378. The number of rotatable bonds is 5. The Labute approximate surface area is 103 Å². The van der Waals surface area contributed by atoms with Crippen LogP contribution in [-0.4, -0.2) is 30.4 Å². The summed E-state index contributed by atoms with van der Waals surface area (Å²) >= 11 is 0. The van der Waals surface area contributed by atoms with Crippen LogP contribution < -0.4 is 10.1 Å². The molecule has 0 saturated heterocycles. The molecule has 0 fully saturated rings. The van der Waals surface area contributed by atoms with Crippen molar-refractivity contribution in [3.05, 3.63) is 29.3 Å². The quantitative estimate of drug-likeness (QED) is 0.815. The van der Waals surface area contributed by atoms with Crippen molar-refractivity contribution in [1.29, 1.82) is 0 Å². The smallest absolute Gasteiger partial charge is 0.123 e. The van der Waals surface area contributed by atoms with Gasteiger partial charge >= 0.3 is 0 Å². The number of aliphatic hydroxyl groups is 1. The van der Waals surface area contributed by atoms with Crippen LogP contribution in [0.25, 0.3) is 0 Å². The molecule has 2 N–H and O–H groups in total. The van der Waals surface area contributed by atoms with Gasteiger partial charge < -0.3 is 15.2 Å². The van der Waals surface area contributed by atoms with Crippen molar-refractivity contribution < 1.29 is 9.84 Å². The molecule has 0 aliphatic carbocycles. The molecule has 94 valence electrons. The first-order valence-electron chi connectivity index (χ1n) is 6.34. The minimum absolute atomic E-state index is 0.204. The highest BCUT2D eigenvalue weighted by molar-refractivity contribution is 5.40. The molecule has 0 radical (unpaired) electrons. The van der Waals surface area contributed by atoms with Gasteiger partial charge in [-0.15, -0.1) is 0 Å². The van der Waals surface area contributed by atoms with Crippen LogP contribution in [0.1, 0.15) is 24.5 Å². The second-order valence-electron chi connectivity index (χ2n) is 4.78. The van der Waals surface area contributed by atoms with Crippen molar-refractivity contribution in [1.82, 2.24) is 5.32 Å². The lowest BCUT2D eigenvalue weighted by Crippen LogP contribution is -2.34. The summed E-state index contributed by atoms with van der Waals surface area (Å²) in [5.41, 5.74) is 2.58. The molecule has 1 aromatic carbocycles. The van der Waals surface area contributed by atoms with Crippen LogP contribution in [-0.2, 0) is 6.42 Å². The minimum Gasteiger partial charge on any atom is -0.488 e. The molecule has 3 heteroatoms. The average molecular weight is 235 g/mol. The number of aliphatic hydroxyl groups excluding tert-OH is 1. The third-order valence-corrected chi connectivity index (χ3v) is 3.18. The Kier molecular flexibility index (Phi) is 4.02. The predicted octanol–water partition coefficient (Wildman–Crippen LogP) is 1.66.